The Labute approximate surface area is 193 Å². The molecule has 1 aliphatic rings. The Morgan fingerprint density at radius 1 is 0.719 bits per heavy atom. The van der Waals surface area contributed by atoms with Crippen LogP contribution in [0.2, 0.25) is 0 Å². The van der Waals surface area contributed by atoms with E-state index in [1.165, 1.54) is 22.3 Å². The lowest BCUT2D eigenvalue weighted by Crippen LogP contribution is -2.30. The molecule has 4 heteroatoms. The van der Waals surface area contributed by atoms with Gasteiger partial charge in [-0.05, 0) is 85.3 Å². The molecule has 0 bridgehead atoms. The summed E-state index contributed by atoms with van der Waals surface area (Å²) in [5.74, 6) is -0.784. The molecular weight excluding hydrogens is 398 g/mol. The van der Waals surface area contributed by atoms with Crippen molar-refractivity contribution in [2.24, 2.45) is 0 Å². The first kappa shape index (κ1) is 25.5. The fraction of sp³-hybridized carbons (Fsp3) is 0.429. The van der Waals surface area contributed by atoms with Crippen molar-refractivity contribution in [2.75, 3.05) is 6.61 Å². The van der Waals surface area contributed by atoms with Gasteiger partial charge in [-0.1, -0.05) is 58.7 Å². The maximum atomic E-state index is 12.3. The standard InChI is InChI=1S/C28H37NO3/c1-21(2)11-8-12-22(3)13-9-14-23(4)15-10-16-24(5)19-20-32-29-27(30)25-17-6-7-18-26(25)28(29)31/h6-7,11,13,15,17-19H,8-10,12,14,16,20H2,1-5H3/b22-13+,23-15+,24-19+. The zero-order valence-electron chi connectivity index (χ0n) is 20.2. The highest BCUT2D eigenvalue weighted by atomic mass is 16.7. The van der Waals surface area contributed by atoms with Crippen LogP contribution in [0.3, 0.4) is 0 Å². The minimum absolute atomic E-state index is 0.205. The van der Waals surface area contributed by atoms with Crippen LogP contribution in [0.1, 0.15) is 93.9 Å². The smallest absolute Gasteiger partial charge is 0.266 e. The predicted molar refractivity (Wildman–Crippen MR) is 131 cm³/mol. The molecule has 0 unspecified atom stereocenters. The van der Waals surface area contributed by atoms with Gasteiger partial charge in [0.15, 0.2) is 0 Å². The van der Waals surface area contributed by atoms with Crippen LogP contribution in [0, 0.1) is 0 Å². The second kappa shape index (κ2) is 13.0. The van der Waals surface area contributed by atoms with Gasteiger partial charge < -0.3 is 0 Å². The third kappa shape index (κ3) is 8.08. The molecule has 1 aliphatic heterocycles. The molecule has 0 N–H and O–H groups in total. The van der Waals surface area contributed by atoms with E-state index in [2.05, 4.69) is 45.9 Å². The van der Waals surface area contributed by atoms with Crippen molar-refractivity contribution in [3.05, 3.63) is 82.0 Å². The lowest BCUT2D eigenvalue weighted by Gasteiger charge is -2.12. The predicted octanol–water partition coefficient (Wildman–Crippen LogP) is 7.36. The molecule has 0 fully saturated rings. The van der Waals surface area contributed by atoms with E-state index in [1.54, 1.807) is 24.3 Å². The molecule has 2 rings (SSSR count). The topological polar surface area (TPSA) is 46.6 Å². The third-order valence-electron chi connectivity index (χ3n) is 5.55. The lowest BCUT2D eigenvalue weighted by atomic mass is 10.0. The highest BCUT2D eigenvalue weighted by Gasteiger charge is 2.36. The Hall–Kier alpha value is -2.72. The minimum Gasteiger partial charge on any atom is -0.266 e. The van der Waals surface area contributed by atoms with E-state index in [0.29, 0.717) is 11.1 Å². The average molecular weight is 436 g/mol. The van der Waals surface area contributed by atoms with Crippen molar-refractivity contribution >= 4 is 11.8 Å². The highest BCUT2D eigenvalue weighted by Crippen LogP contribution is 2.22. The van der Waals surface area contributed by atoms with E-state index in [-0.39, 0.29) is 6.61 Å². The molecule has 1 heterocycles. The van der Waals surface area contributed by atoms with Gasteiger partial charge in [-0.25, -0.2) is 0 Å². The van der Waals surface area contributed by atoms with E-state index in [9.17, 15) is 9.59 Å². The normalized spacial score (nSPS) is 14.8. The maximum absolute atomic E-state index is 12.3. The van der Waals surface area contributed by atoms with E-state index in [1.807, 2.05) is 13.0 Å². The third-order valence-corrected chi connectivity index (χ3v) is 5.55. The minimum atomic E-state index is -0.392. The average Bonchev–Trinajstić information content (AvgIpc) is 2.98. The summed E-state index contributed by atoms with van der Waals surface area (Å²) in [6, 6.07) is 6.79. The summed E-state index contributed by atoms with van der Waals surface area (Å²) in [6.07, 6.45) is 15.2. The van der Waals surface area contributed by atoms with Gasteiger partial charge in [-0.15, -0.1) is 5.06 Å². The molecule has 2 amide bonds. The number of hydrogen-bond acceptors (Lipinski definition) is 3. The quantitative estimate of drug-likeness (QED) is 0.254. The molecular formula is C28H37NO3. The van der Waals surface area contributed by atoms with Crippen molar-refractivity contribution in [2.45, 2.75) is 73.1 Å². The Morgan fingerprint density at radius 2 is 1.16 bits per heavy atom. The van der Waals surface area contributed by atoms with Crippen LogP contribution < -0.4 is 0 Å². The maximum Gasteiger partial charge on any atom is 0.285 e. The number of fused-ring (bicyclic) bond motifs is 1. The summed E-state index contributed by atoms with van der Waals surface area (Å²) >= 11 is 0. The summed E-state index contributed by atoms with van der Waals surface area (Å²) in [4.78, 5) is 30.0. The zero-order valence-corrected chi connectivity index (χ0v) is 20.2. The number of imide groups is 1. The van der Waals surface area contributed by atoms with Crippen molar-refractivity contribution in [1.29, 1.82) is 0 Å². The molecule has 0 atom stereocenters. The fourth-order valence-electron chi connectivity index (χ4n) is 3.53. The van der Waals surface area contributed by atoms with Crippen LogP contribution in [-0.4, -0.2) is 23.5 Å². The second-order valence-electron chi connectivity index (χ2n) is 8.79. The van der Waals surface area contributed by atoms with E-state index >= 15 is 0 Å². The molecule has 0 saturated carbocycles. The van der Waals surface area contributed by atoms with Crippen molar-refractivity contribution < 1.29 is 14.4 Å². The van der Waals surface area contributed by atoms with Gasteiger partial charge in [0.05, 0.1) is 17.7 Å². The van der Waals surface area contributed by atoms with Crippen LogP contribution in [0.15, 0.2) is 70.9 Å². The number of nitrogens with zero attached hydrogens (tertiary/aromatic N) is 1. The van der Waals surface area contributed by atoms with Crippen molar-refractivity contribution in [3.8, 4) is 0 Å². The molecule has 32 heavy (non-hydrogen) atoms. The summed E-state index contributed by atoms with van der Waals surface area (Å²) in [5.41, 5.74) is 6.24. The van der Waals surface area contributed by atoms with Crippen molar-refractivity contribution in [3.63, 3.8) is 0 Å². The molecule has 0 radical (unpaired) electrons. The number of benzene rings is 1. The Kier molecular flexibility index (Phi) is 10.4. The van der Waals surface area contributed by atoms with Gasteiger partial charge in [0.1, 0.15) is 0 Å². The number of allylic oxidation sites excluding steroid dienone is 7. The van der Waals surface area contributed by atoms with Crippen LogP contribution in [0.25, 0.3) is 0 Å². The molecule has 1 aromatic rings. The van der Waals surface area contributed by atoms with Crippen LogP contribution in [0.5, 0.6) is 0 Å². The number of hydrogen-bond donors (Lipinski definition) is 0. The van der Waals surface area contributed by atoms with Gasteiger partial charge >= 0.3 is 0 Å². The molecule has 1 aromatic carbocycles. The Balaban J connectivity index is 1.68. The molecule has 0 spiro atoms. The van der Waals surface area contributed by atoms with E-state index in [4.69, 9.17) is 4.84 Å². The molecule has 172 valence electrons. The monoisotopic (exact) mass is 435 g/mol. The number of rotatable bonds is 12. The first-order valence-electron chi connectivity index (χ1n) is 11.5. The first-order chi connectivity index (χ1) is 15.3. The summed E-state index contributed by atoms with van der Waals surface area (Å²) in [6.45, 7) is 11.0. The van der Waals surface area contributed by atoms with Gasteiger partial charge in [0.25, 0.3) is 11.8 Å². The summed E-state index contributed by atoms with van der Waals surface area (Å²) in [5, 5.41) is 0.869. The summed E-state index contributed by atoms with van der Waals surface area (Å²) < 4.78 is 0. The Morgan fingerprint density at radius 3 is 1.62 bits per heavy atom. The number of carbonyl (C=O) groups is 2. The van der Waals surface area contributed by atoms with Crippen LogP contribution >= 0.6 is 0 Å². The van der Waals surface area contributed by atoms with E-state index in [0.717, 1.165) is 43.6 Å². The molecule has 0 aromatic heterocycles. The first-order valence-corrected chi connectivity index (χ1v) is 11.5. The van der Waals surface area contributed by atoms with Crippen LogP contribution in [0.4, 0.5) is 0 Å². The number of amides is 2. The highest BCUT2D eigenvalue weighted by molar-refractivity contribution is 6.20. The van der Waals surface area contributed by atoms with Gasteiger partial charge in [-0.3, -0.25) is 14.4 Å². The van der Waals surface area contributed by atoms with Crippen LogP contribution in [-0.2, 0) is 4.84 Å². The Bertz CT molecular complexity index is 895. The molecule has 0 aliphatic carbocycles. The van der Waals surface area contributed by atoms with Gasteiger partial charge in [-0.2, -0.15) is 0 Å². The lowest BCUT2D eigenvalue weighted by molar-refractivity contribution is -0.0803. The summed E-state index contributed by atoms with van der Waals surface area (Å²) in [7, 11) is 0. The SMILES string of the molecule is CC(C)=CCC/C(C)=C/CC/C(C)=C/CC/C(C)=C/CON1C(=O)c2ccccc2C1=O. The van der Waals surface area contributed by atoms with E-state index < -0.39 is 11.8 Å². The van der Waals surface area contributed by atoms with Crippen molar-refractivity contribution in [1.82, 2.24) is 5.06 Å². The molecule has 4 nitrogen and oxygen atoms in total. The fourth-order valence-corrected chi connectivity index (χ4v) is 3.53. The molecule has 0 saturated heterocycles. The largest absolute Gasteiger partial charge is 0.285 e. The zero-order chi connectivity index (χ0) is 23.5. The second-order valence-corrected chi connectivity index (χ2v) is 8.79. The van der Waals surface area contributed by atoms with Gasteiger partial charge in [0.2, 0.25) is 0 Å². The van der Waals surface area contributed by atoms with Gasteiger partial charge in [0, 0.05) is 0 Å². The number of hydroxylamine groups is 2. The number of carbonyl (C=O) groups excluding carboxylic acids is 2.